The Bertz CT molecular complexity index is 726. The van der Waals surface area contributed by atoms with Gasteiger partial charge in [-0.05, 0) is 25.5 Å². The molecule has 2 aromatic rings. The Morgan fingerprint density at radius 3 is 2.53 bits per heavy atom. The second kappa shape index (κ2) is 5.11. The number of halogens is 2. The van der Waals surface area contributed by atoms with Gasteiger partial charge in [-0.2, -0.15) is 0 Å². The Kier molecular flexibility index (Phi) is 3.85. The van der Waals surface area contributed by atoms with Gasteiger partial charge in [0.2, 0.25) is 0 Å². The third-order valence-electron chi connectivity index (χ3n) is 2.68. The van der Waals surface area contributed by atoms with Crippen molar-refractivity contribution in [3.05, 3.63) is 28.8 Å². The number of hydrogen-bond acceptors (Lipinski definition) is 4. The third-order valence-corrected chi connectivity index (χ3v) is 4.24. The maximum absolute atomic E-state index is 11.4. The van der Waals surface area contributed by atoms with Crippen molar-refractivity contribution >= 4 is 31.3 Å². The Hall–Kier alpha value is -1.11. The van der Waals surface area contributed by atoms with Gasteiger partial charge in [0.1, 0.15) is 0 Å². The summed E-state index contributed by atoms with van der Waals surface area (Å²) in [7, 11) is 1.40. The van der Waals surface area contributed by atoms with E-state index in [2.05, 4.69) is 10.2 Å². The summed E-state index contributed by atoms with van der Waals surface area (Å²) in [6.07, 6.45) is 0. The zero-order valence-corrected chi connectivity index (χ0v) is 12.6. The Labute approximate surface area is 120 Å². The molecule has 0 N–H and O–H groups in total. The molecule has 0 unspecified atom stereocenters. The van der Waals surface area contributed by atoms with Crippen molar-refractivity contribution in [3.8, 4) is 11.4 Å². The van der Waals surface area contributed by atoms with E-state index in [0.717, 1.165) is 5.56 Å². The molecule has 0 spiro atoms. The molecule has 1 aromatic carbocycles. The van der Waals surface area contributed by atoms with Gasteiger partial charge >= 0.3 is 0 Å². The highest BCUT2D eigenvalue weighted by atomic mass is 35.7. The molecule has 1 heterocycles. The fraction of sp³-hybridized carbons (Fsp3) is 0.273. The van der Waals surface area contributed by atoms with E-state index in [1.165, 1.54) is 4.57 Å². The molecule has 0 saturated heterocycles. The summed E-state index contributed by atoms with van der Waals surface area (Å²) in [4.78, 5) is 0. The molecule has 0 aliphatic heterocycles. The maximum Gasteiger partial charge on any atom is 0.296 e. The van der Waals surface area contributed by atoms with E-state index in [9.17, 15) is 8.42 Å². The van der Waals surface area contributed by atoms with Crippen molar-refractivity contribution in [1.82, 2.24) is 14.8 Å². The highest BCUT2D eigenvalue weighted by molar-refractivity contribution is 8.13. The first-order valence-electron chi connectivity index (χ1n) is 5.49. The monoisotopic (exact) mass is 319 g/mol. The molecule has 0 radical (unpaired) electrons. The first kappa shape index (κ1) is 14.3. The van der Waals surface area contributed by atoms with Crippen LogP contribution in [0.5, 0.6) is 0 Å². The molecule has 19 heavy (non-hydrogen) atoms. The lowest BCUT2D eigenvalue weighted by Crippen LogP contribution is -2.06. The number of aryl methyl sites for hydroxylation is 1. The van der Waals surface area contributed by atoms with Gasteiger partial charge in [-0.1, -0.05) is 23.7 Å². The van der Waals surface area contributed by atoms with Crippen molar-refractivity contribution in [1.29, 1.82) is 0 Å². The Morgan fingerprint density at radius 2 is 2.00 bits per heavy atom. The summed E-state index contributed by atoms with van der Waals surface area (Å²) in [6.45, 7) is 4.05. The lowest BCUT2D eigenvalue weighted by Gasteiger charge is -2.06. The molecule has 0 atom stereocenters. The molecular formula is C11H11Cl2N3O2S. The standard InChI is InChI=1S/C11H11Cl2N3O2S/c1-3-16-10(14-15-11(16)19(13,17)18)8-5-4-7(2)9(12)6-8/h4-6H,3H2,1-2H3. The lowest BCUT2D eigenvalue weighted by molar-refractivity contribution is 0.583. The van der Waals surface area contributed by atoms with Gasteiger partial charge in [0.05, 0.1) is 0 Å². The molecule has 0 aliphatic carbocycles. The predicted octanol–water partition coefficient (Wildman–Crippen LogP) is 2.85. The van der Waals surface area contributed by atoms with E-state index in [-0.39, 0.29) is 5.16 Å². The van der Waals surface area contributed by atoms with Crippen LogP contribution in [0.1, 0.15) is 12.5 Å². The smallest absolute Gasteiger partial charge is 0.296 e. The van der Waals surface area contributed by atoms with Crippen LogP contribution in [0.4, 0.5) is 0 Å². The normalized spacial score (nSPS) is 11.8. The molecule has 0 aliphatic rings. The van der Waals surface area contributed by atoms with Gasteiger partial charge in [-0.25, -0.2) is 8.42 Å². The minimum absolute atomic E-state index is 0.261. The fourth-order valence-electron chi connectivity index (χ4n) is 1.70. The topological polar surface area (TPSA) is 64.8 Å². The quantitative estimate of drug-likeness (QED) is 0.816. The molecule has 102 valence electrons. The van der Waals surface area contributed by atoms with Gasteiger partial charge in [-0.3, -0.25) is 4.57 Å². The molecule has 5 nitrogen and oxygen atoms in total. The SMILES string of the molecule is CCn1c(-c2ccc(C)c(Cl)c2)nnc1S(=O)(=O)Cl. The summed E-state index contributed by atoms with van der Waals surface area (Å²) >= 11 is 6.05. The molecular weight excluding hydrogens is 309 g/mol. The molecule has 0 saturated carbocycles. The average molecular weight is 320 g/mol. The largest absolute Gasteiger partial charge is 0.297 e. The first-order chi connectivity index (χ1) is 8.84. The minimum Gasteiger partial charge on any atom is -0.297 e. The van der Waals surface area contributed by atoms with E-state index in [1.54, 1.807) is 13.0 Å². The molecule has 0 amide bonds. The summed E-state index contributed by atoms with van der Waals surface area (Å²) in [6, 6.07) is 5.36. The van der Waals surface area contributed by atoms with Crippen LogP contribution in [0.15, 0.2) is 23.4 Å². The maximum atomic E-state index is 11.4. The van der Waals surface area contributed by atoms with Gasteiger partial charge < -0.3 is 0 Å². The van der Waals surface area contributed by atoms with Crippen molar-refractivity contribution < 1.29 is 8.42 Å². The second-order valence-electron chi connectivity index (χ2n) is 3.95. The van der Waals surface area contributed by atoms with E-state index in [0.29, 0.717) is 23.0 Å². The second-order valence-corrected chi connectivity index (χ2v) is 6.82. The van der Waals surface area contributed by atoms with Crippen LogP contribution in [-0.2, 0) is 15.6 Å². The van der Waals surface area contributed by atoms with Gasteiger partial charge in [-0.15, -0.1) is 10.2 Å². The van der Waals surface area contributed by atoms with Crippen LogP contribution in [0.25, 0.3) is 11.4 Å². The van der Waals surface area contributed by atoms with Crippen LogP contribution in [-0.4, -0.2) is 23.2 Å². The summed E-state index contributed by atoms with van der Waals surface area (Å²) in [5.74, 6) is 0.420. The van der Waals surface area contributed by atoms with E-state index in [4.69, 9.17) is 22.3 Å². The molecule has 8 heteroatoms. The summed E-state index contributed by atoms with van der Waals surface area (Å²) in [5.41, 5.74) is 1.62. The summed E-state index contributed by atoms with van der Waals surface area (Å²) in [5, 5.41) is 7.84. The van der Waals surface area contributed by atoms with Crippen molar-refractivity contribution in [2.75, 3.05) is 0 Å². The number of rotatable bonds is 3. The van der Waals surface area contributed by atoms with Gasteiger partial charge in [0.15, 0.2) is 5.82 Å². The summed E-state index contributed by atoms with van der Waals surface area (Å²) < 4.78 is 24.2. The number of aromatic nitrogens is 3. The highest BCUT2D eigenvalue weighted by Gasteiger charge is 2.22. The Balaban J connectivity index is 2.63. The number of benzene rings is 1. The van der Waals surface area contributed by atoms with E-state index in [1.807, 2.05) is 19.1 Å². The van der Waals surface area contributed by atoms with Crippen molar-refractivity contribution in [2.24, 2.45) is 0 Å². The van der Waals surface area contributed by atoms with E-state index >= 15 is 0 Å². The van der Waals surface area contributed by atoms with Crippen LogP contribution in [0, 0.1) is 6.92 Å². The van der Waals surface area contributed by atoms with Gasteiger partial charge in [0.25, 0.3) is 14.2 Å². The zero-order chi connectivity index (χ0) is 14.2. The number of hydrogen-bond donors (Lipinski definition) is 0. The Morgan fingerprint density at radius 1 is 1.32 bits per heavy atom. The van der Waals surface area contributed by atoms with Gasteiger partial charge in [0, 0.05) is 27.8 Å². The lowest BCUT2D eigenvalue weighted by atomic mass is 10.1. The third kappa shape index (κ3) is 2.75. The molecule has 1 aromatic heterocycles. The molecule has 0 fully saturated rings. The van der Waals surface area contributed by atoms with Crippen LogP contribution in [0.3, 0.4) is 0 Å². The fourth-order valence-corrected chi connectivity index (χ4v) is 2.84. The zero-order valence-electron chi connectivity index (χ0n) is 10.3. The van der Waals surface area contributed by atoms with Crippen LogP contribution < -0.4 is 0 Å². The molecule has 2 rings (SSSR count). The number of nitrogens with zero attached hydrogens (tertiary/aromatic N) is 3. The molecule has 0 bridgehead atoms. The predicted molar refractivity (Wildman–Crippen MR) is 73.9 cm³/mol. The highest BCUT2D eigenvalue weighted by Crippen LogP contribution is 2.26. The first-order valence-corrected chi connectivity index (χ1v) is 8.17. The van der Waals surface area contributed by atoms with Crippen molar-refractivity contribution in [2.45, 2.75) is 25.5 Å². The van der Waals surface area contributed by atoms with Crippen LogP contribution >= 0.6 is 22.3 Å². The average Bonchev–Trinajstić information content (AvgIpc) is 2.76. The van der Waals surface area contributed by atoms with Crippen LogP contribution in [0.2, 0.25) is 5.02 Å². The minimum atomic E-state index is -3.92. The van der Waals surface area contributed by atoms with E-state index < -0.39 is 9.05 Å². The van der Waals surface area contributed by atoms with Crippen molar-refractivity contribution in [3.63, 3.8) is 0 Å².